The summed E-state index contributed by atoms with van der Waals surface area (Å²) in [7, 11) is 1.58. The van der Waals surface area contributed by atoms with Gasteiger partial charge >= 0.3 is 5.97 Å². The van der Waals surface area contributed by atoms with Crippen molar-refractivity contribution in [2.24, 2.45) is 5.41 Å². The molecule has 0 aliphatic carbocycles. The standard InChI is InChI=1S/C18H24N2O4/c1-18(17(23)24)9-4-10-20(12-18)15(21)8-7-13-5-3-6-14(11-13)16(22)19-2/h3,5-6,11H,4,7-10,12H2,1-2H3,(H,19,22)(H,23,24). The number of hydrogen-bond acceptors (Lipinski definition) is 3. The molecule has 0 bridgehead atoms. The van der Waals surface area contributed by atoms with E-state index in [1.807, 2.05) is 6.07 Å². The molecule has 1 fully saturated rings. The third-order valence-corrected chi connectivity index (χ3v) is 4.61. The van der Waals surface area contributed by atoms with Gasteiger partial charge in [-0.05, 0) is 43.9 Å². The summed E-state index contributed by atoms with van der Waals surface area (Å²) in [6.07, 6.45) is 2.15. The molecule has 0 saturated carbocycles. The number of piperidine rings is 1. The van der Waals surface area contributed by atoms with Crippen LogP contribution in [0.2, 0.25) is 0 Å². The van der Waals surface area contributed by atoms with Crippen LogP contribution in [0.1, 0.15) is 42.1 Å². The second-order valence-electron chi connectivity index (χ2n) is 6.56. The number of aryl methyl sites for hydroxylation is 1. The maximum Gasteiger partial charge on any atom is 0.311 e. The lowest BCUT2D eigenvalue weighted by Crippen LogP contribution is -2.48. The molecule has 6 heteroatoms. The first kappa shape index (κ1) is 18.0. The van der Waals surface area contributed by atoms with Crippen LogP contribution in [0.5, 0.6) is 0 Å². The number of carbonyl (C=O) groups is 3. The number of benzene rings is 1. The molecule has 2 amide bonds. The fourth-order valence-corrected chi connectivity index (χ4v) is 3.05. The Morgan fingerprint density at radius 2 is 2.08 bits per heavy atom. The number of likely N-dealkylation sites (tertiary alicyclic amines) is 1. The first-order chi connectivity index (χ1) is 11.4. The number of rotatable bonds is 5. The van der Waals surface area contributed by atoms with E-state index in [1.54, 1.807) is 37.1 Å². The normalized spacial score (nSPS) is 20.5. The Morgan fingerprint density at radius 1 is 1.33 bits per heavy atom. The van der Waals surface area contributed by atoms with Crippen LogP contribution in [-0.4, -0.2) is 47.9 Å². The number of carbonyl (C=O) groups excluding carboxylic acids is 2. The maximum absolute atomic E-state index is 12.4. The number of carboxylic acids is 1. The van der Waals surface area contributed by atoms with E-state index < -0.39 is 11.4 Å². The van der Waals surface area contributed by atoms with Crippen LogP contribution in [-0.2, 0) is 16.0 Å². The molecular weight excluding hydrogens is 308 g/mol. The molecule has 0 aromatic heterocycles. The van der Waals surface area contributed by atoms with Crippen molar-refractivity contribution in [2.75, 3.05) is 20.1 Å². The molecule has 0 spiro atoms. The van der Waals surface area contributed by atoms with Gasteiger partial charge in [0.2, 0.25) is 5.91 Å². The Hall–Kier alpha value is -2.37. The first-order valence-electron chi connectivity index (χ1n) is 8.18. The summed E-state index contributed by atoms with van der Waals surface area (Å²) in [5.74, 6) is -1.04. The molecule has 1 heterocycles. The molecule has 2 rings (SSSR count). The largest absolute Gasteiger partial charge is 0.481 e. The van der Waals surface area contributed by atoms with Crippen LogP contribution in [0, 0.1) is 5.41 Å². The molecule has 130 valence electrons. The molecule has 1 aliphatic rings. The Labute approximate surface area is 141 Å². The van der Waals surface area contributed by atoms with Gasteiger partial charge in [0.15, 0.2) is 0 Å². The summed E-state index contributed by atoms with van der Waals surface area (Å²) in [4.78, 5) is 37.1. The molecule has 1 aromatic carbocycles. The Morgan fingerprint density at radius 3 is 2.75 bits per heavy atom. The highest BCUT2D eigenvalue weighted by atomic mass is 16.4. The fourth-order valence-electron chi connectivity index (χ4n) is 3.05. The van der Waals surface area contributed by atoms with Gasteiger partial charge in [0.1, 0.15) is 0 Å². The Balaban J connectivity index is 1.96. The fraction of sp³-hybridized carbons (Fsp3) is 0.500. The lowest BCUT2D eigenvalue weighted by Gasteiger charge is -2.37. The van der Waals surface area contributed by atoms with Gasteiger partial charge in [0.05, 0.1) is 5.41 Å². The van der Waals surface area contributed by atoms with Gasteiger partial charge in [-0.2, -0.15) is 0 Å². The zero-order valence-electron chi connectivity index (χ0n) is 14.2. The highest BCUT2D eigenvalue weighted by Gasteiger charge is 2.39. The predicted molar refractivity (Wildman–Crippen MR) is 89.7 cm³/mol. The van der Waals surface area contributed by atoms with Gasteiger partial charge in [0, 0.05) is 32.1 Å². The predicted octanol–water partition coefficient (Wildman–Crippen LogP) is 1.69. The van der Waals surface area contributed by atoms with E-state index in [4.69, 9.17) is 0 Å². The van der Waals surface area contributed by atoms with E-state index in [0.29, 0.717) is 37.8 Å². The number of hydrogen-bond donors (Lipinski definition) is 2. The van der Waals surface area contributed by atoms with E-state index in [-0.39, 0.29) is 18.4 Å². The van der Waals surface area contributed by atoms with E-state index >= 15 is 0 Å². The lowest BCUT2D eigenvalue weighted by molar-refractivity contribution is -0.153. The van der Waals surface area contributed by atoms with Crippen molar-refractivity contribution in [3.63, 3.8) is 0 Å². The maximum atomic E-state index is 12.4. The number of carboxylic acid groups (broad SMARTS) is 1. The highest BCUT2D eigenvalue weighted by molar-refractivity contribution is 5.94. The van der Waals surface area contributed by atoms with Crippen LogP contribution in [0.25, 0.3) is 0 Å². The van der Waals surface area contributed by atoms with Gasteiger partial charge < -0.3 is 15.3 Å². The third kappa shape index (κ3) is 4.13. The van der Waals surface area contributed by atoms with Crippen LogP contribution in [0.15, 0.2) is 24.3 Å². The summed E-state index contributed by atoms with van der Waals surface area (Å²) in [5, 5.41) is 11.9. The van der Waals surface area contributed by atoms with Crippen molar-refractivity contribution in [3.05, 3.63) is 35.4 Å². The minimum absolute atomic E-state index is 0.0347. The number of nitrogens with zero attached hydrogens (tertiary/aromatic N) is 1. The minimum atomic E-state index is -0.854. The topological polar surface area (TPSA) is 86.7 Å². The molecule has 1 aliphatic heterocycles. The highest BCUT2D eigenvalue weighted by Crippen LogP contribution is 2.30. The zero-order valence-corrected chi connectivity index (χ0v) is 14.2. The smallest absolute Gasteiger partial charge is 0.311 e. The van der Waals surface area contributed by atoms with Gasteiger partial charge in [-0.15, -0.1) is 0 Å². The molecule has 1 saturated heterocycles. The number of nitrogens with one attached hydrogen (secondary N) is 1. The quantitative estimate of drug-likeness (QED) is 0.859. The average molecular weight is 332 g/mol. The summed E-state index contributed by atoms with van der Waals surface area (Å²) in [6.45, 7) is 2.57. The average Bonchev–Trinajstić information content (AvgIpc) is 2.59. The van der Waals surface area contributed by atoms with Crippen molar-refractivity contribution in [1.82, 2.24) is 10.2 Å². The zero-order chi connectivity index (χ0) is 17.7. The number of amides is 2. The van der Waals surface area contributed by atoms with Crippen molar-refractivity contribution in [3.8, 4) is 0 Å². The van der Waals surface area contributed by atoms with E-state index in [0.717, 1.165) is 5.56 Å². The second-order valence-corrected chi connectivity index (χ2v) is 6.56. The van der Waals surface area contributed by atoms with E-state index in [2.05, 4.69) is 5.32 Å². The molecular formula is C18H24N2O4. The van der Waals surface area contributed by atoms with E-state index in [1.165, 1.54) is 0 Å². The third-order valence-electron chi connectivity index (χ3n) is 4.61. The molecule has 0 radical (unpaired) electrons. The van der Waals surface area contributed by atoms with Gasteiger partial charge in [0.25, 0.3) is 5.91 Å². The van der Waals surface area contributed by atoms with Crippen molar-refractivity contribution in [2.45, 2.75) is 32.6 Å². The molecule has 6 nitrogen and oxygen atoms in total. The van der Waals surface area contributed by atoms with Crippen molar-refractivity contribution < 1.29 is 19.5 Å². The monoisotopic (exact) mass is 332 g/mol. The Bertz CT molecular complexity index is 644. The lowest BCUT2D eigenvalue weighted by atomic mass is 9.82. The van der Waals surface area contributed by atoms with Gasteiger partial charge in [-0.3, -0.25) is 14.4 Å². The SMILES string of the molecule is CNC(=O)c1cccc(CCC(=O)N2CCCC(C)(C(=O)O)C2)c1. The molecule has 1 unspecified atom stereocenters. The molecule has 1 atom stereocenters. The summed E-state index contributed by atoms with van der Waals surface area (Å²) in [5.41, 5.74) is 0.633. The molecule has 2 N–H and O–H groups in total. The minimum Gasteiger partial charge on any atom is -0.481 e. The van der Waals surface area contributed by atoms with Crippen molar-refractivity contribution >= 4 is 17.8 Å². The first-order valence-corrected chi connectivity index (χ1v) is 8.18. The number of aliphatic carboxylic acids is 1. The molecule has 24 heavy (non-hydrogen) atoms. The summed E-state index contributed by atoms with van der Waals surface area (Å²) < 4.78 is 0. The summed E-state index contributed by atoms with van der Waals surface area (Å²) >= 11 is 0. The van der Waals surface area contributed by atoms with Crippen LogP contribution in [0.3, 0.4) is 0 Å². The summed E-state index contributed by atoms with van der Waals surface area (Å²) in [6, 6.07) is 7.20. The van der Waals surface area contributed by atoms with Crippen molar-refractivity contribution in [1.29, 1.82) is 0 Å². The van der Waals surface area contributed by atoms with Crippen LogP contribution in [0.4, 0.5) is 0 Å². The van der Waals surface area contributed by atoms with Gasteiger partial charge in [-0.1, -0.05) is 12.1 Å². The van der Waals surface area contributed by atoms with E-state index in [9.17, 15) is 19.5 Å². The Kier molecular flexibility index (Phi) is 5.59. The van der Waals surface area contributed by atoms with Gasteiger partial charge in [-0.25, -0.2) is 0 Å². The van der Waals surface area contributed by atoms with Crippen LogP contribution < -0.4 is 5.32 Å². The molecule has 1 aromatic rings. The second kappa shape index (κ2) is 7.47. The van der Waals surface area contributed by atoms with Crippen LogP contribution >= 0.6 is 0 Å².